The third-order valence-corrected chi connectivity index (χ3v) is 9.76. The third-order valence-electron chi connectivity index (χ3n) is 9.76. The zero-order chi connectivity index (χ0) is 24.1. The van der Waals surface area contributed by atoms with E-state index >= 15 is 0 Å². The molecule has 4 fully saturated rings. The van der Waals surface area contributed by atoms with Gasteiger partial charge in [0.1, 0.15) is 6.10 Å². The highest BCUT2D eigenvalue weighted by Gasteiger charge is 2.51. The zero-order valence-corrected chi connectivity index (χ0v) is 20.8. The lowest BCUT2D eigenvalue weighted by Crippen LogP contribution is -2.37. The molecule has 1 aliphatic heterocycles. The van der Waals surface area contributed by atoms with Crippen molar-refractivity contribution < 1.29 is 19.7 Å². The fourth-order valence-electron chi connectivity index (χ4n) is 7.37. The van der Waals surface area contributed by atoms with Gasteiger partial charge in [-0.3, -0.25) is 0 Å². The van der Waals surface area contributed by atoms with Crippen molar-refractivity contribution in [3.05, 3.63) is 47.6 Å². The summed E-state index contributed by atoms with van der Waals surface area (Å²) < 4.78 is 5.64. The molecule has 0 amide bonds. The molecule has 4 heteroatoms. The number of hydrogen-bond donors (Lipinski definition) is 2. The highest BCUT2D eigenvalue weighted by atomic mass is 16.6. The predicted molar refractivity (Wildman–Crippen MR) is 131 cm³/mol. The number of carbonyl (C=O) groups excluding carboxylic acids is 1. The molecule has 0 radical (unpaired) electrons. The second kappa shape index (κ2) is 9.19. The molecule has 3 saturated carbocycles. The van der Waals surface area contributed by atoms with Gasteiger partial charge in [0.15, 0.2) is 0 Å². The molecule has 33 heavy (non-hydrogen) atoms. The zero-order valence-electron chi connectivity index (χ0n) is 20.8. The van der Waals surface area contributed by atoms with E-state index in [2.05, 4.69) is 46.1 Å². The molecule has 4 aliphatic rings. The third kappa shape index (κ3) is 4.30. The van der Waals surface area contributed by atoms with Crippen molar-refractivity contribution in [2.24, 2.45) is 35.0 Å². The van der Waals surface area contributed by atoms with Crippen molar-refractivity contribution in [2.45, 2.75) is 91.0 Å². The highest BCUT2D eigenvalue weighted by molar-refractivity contribution is 5.90. The number of allylic oxidation sites excluding steroid dienone is 3. The van der Waals surface area contributed by atoms with E-state index in [9.17, 15) is 15.0 Å². The Morgan fingerprint density at radius 3 is 2.58 bits per heavy atom. The summed E-state index contributed by atoms with van der Waals surface area (Å²) in [5.74, 6) is 1.40. The molecule has 4 rings (SSSR count). The van der Waals surface area contributed by atoms with E-state index in [1.165, 1.54) is 31.3 Å². The van der Waals surface area contributed by atoms with Crippen LogP contribution in [0.2, 0.25) is 0 Å². The molecule has 182 valence electrons. The lowest BCUT2D eigenvalue weighted by Gasteiger charge is -2.44. The summed E-state index contributed by atoms with van der Waals surface area (Å²) in [6, 6.07) is 0. The number of esters is 1. The van der Waals surface area contributed by atoms with E-state index in [0.29, 0.717) is 29.7 Å². The van der Waals surface area contributed by atoms with Crippen LogP contribution in [0.1, 0.15) is 72.6 Å². The van der Waals surface area contributed by atoms with Gasteiger partial charge < -0.3 is 14.9 Å². The van der Waals surface area contributed by atoms with E-state index in [0.717, 1.165) is 24.0 Å². The van der Waals surface area contributed by atoms with E-state index in [1.807, 2.05) is 6.92 Å². The second-order valence-corrected chi connectivity index (χ2v) is 11.6. The number of aliphatic hydroxyl groups excluding tert-OH is 2. The summed E-state index contributed by atoms with van der Waals surface area (Å²) in [6.45, 7) is 16.8. The number of carbonyl (C=O) groups is 1. The Morgan fingerprint density at radius 1 is 1.18 bits per heavy atom. The lowest BCUT2D eigenvalue weighted by molar-refractivity contribution is -0.140. The average Bonchev–Trinajstić information content (AvgIpc) is 3.25. The molecule has 3 aliphatic carbocycles. The molecule has 0 bridgehead atoms. The first-order valence-electron chi connectivity index (χ1n) is 12.9. The van der Waals surface area contributed by atoms with Gasteiger partial charge in [-0.1, -0.05) is 58.6 Å². The molecule has 0 aromatic heterocycles. The Bertz CT molecular complexity index is 882. The van der Waals surface area contributed by atoms with Crippen LogP contribution in [0.3, 0.4) is 0 Å². The molecule has 0 spiro atoms. The highest BCUT2D eigenvalue weighted by Crippen LogP contribution is 2.60. The number of hydrogen-bond acceptors (Lipinski definition) is 4. The summed E-state index contributed by atoms with van der Waals surface area (Å²) in [4.78, 5) is 11.9. The summed E-state index contributed by atoms with van der Waals surface area (Å²) in [5.41, 5.74) is 4.13. The maximum atomic E-state index is 11.9. The van der Waals surface area contributed by atoms with E-state index in [-0.39, 0.29) is 29.3 Å². The minimum Gasteiger partial charge on any atom is -0.458 e. The van der Waals surface area contributed by atoms with Crippen molar-refractivity contribution in [2.75, 3.05) is 0 Å². The quantitative estimate of drug-likeness (QED) is 0.434. The van der Waals surface area contributed by atoms with Gasteiger partial charge >= 0.3 is 5.97 Å². The summed E-state index contributed by atoms with van der Waals surface area (Å²) in [6.07, 6.45) is 10.6. The topological polar surface area (TPSA) is 66.8 Å². The Hall–Kier alpha value is -1.65. The van der Waals surface area contributed by atoms with Gasteiger partial charge in [0.25, 0.3) is 0 Å². The van der Waals surface area contributed by atoms with Crippen LogP contribution in [0, 0.1) is 35.0 Å². The largest absolute Gasteiger partial charge is 0.458 e. The summed E-state index contributed by atoms with van der Waals surface area (Å²) in [7, 11) is 0. The van der Waals surface area contributed by atoms with Crippen molar-refractivity contribution in [1.29, 1.82) is 0 Å². The molecular formula is C29H42O4. The Balaban J connectivity index is 1.49. The van der Waals surface area contributed by atoms with Crippen LogP contribution in [-0.4, -0.2) is 34.5 Å². The fraction of sp³-hybridized carbons (Fsp3) is 0.690. The van der Waals surface area contributed by atoms with Gasteiger partial charge in [0.05, 0.1) is 12.2 Å². The van der Waals surface area contributed by atoms with E-state index in [1.54, 1.807) is 0 Å². The van der Waals surface area contributed by atoms with E-state index in [4.69, 9.17) is 4.74 Å². The molecule has 0 aromatic carbocycles. The van der Waals surface area contributed by atoms with Gasteiger partial charge in [-0.2, -0.15) is 0 Å². The van der Waals surface area contributed by atoms with Crippen LogP contribution < -0.4 is 0 Å². The molecule has 1 saturated heterocycles. The van der Waals surface area contributed by atoms with E-state index < -0.39 is 12.2 Å². The number of ether oxygens (including phenoxy) is 1. The summed E-state index contributed by atoms with van der Waals surface area (Å²) >= 11 is 0. The first kappa shape index (κ1) is 24.5. The Labute approximate surface area is 199 Å². The van der Waals surface area contributed by atoms with Crippen LogP contribution in [0.15, 0.2) is 47.6 Å². The average molecular weight is 455 g/mol. The SMILES string of the molecule is C=C1/C(=C\C=C2/CCC[C@]3(C)[C@@H]([C@H](C)C[C@H]4OC(=O)C(=C)[C@@H]4C)CC[C@@H]23)C[C@@H](O)[C@H](C)C1O. The molecular weight excluding hydrogens is 412 g/mol. The molecule has 1 unspecified atom stereocenters. The minimum atomic E-state index is -0.671. The van der Waals surface area contributed by atoms with Crippen molar-refractivity contribution in [3.63, 3.8) is 0 Å². The van der Waals surface area contributed by atoms with Gasteiger partial charge in [-0.15, -0.1) is 0 Å². The molecule has 2 N–H and O–H groups in total. The molecule has 4 nitrogen and oxygen atoms in total. The smallest absolute Gasteiger partial charge is 0.334 e. The predicted octanol–water partition coefficient (Wildman–Crippen LogP) is 5.52. The normalized spacial score (nSPS) is 44.9. The van der Waals surface area contributed by atoms with Crippen molar-refractivity contribution in [1.82, 2.24) is 0 Å². The maximum Gasteiger partial charge on any atom is 0.334 e. The Morgan fingerprint density at radius 2 is 1.91 bits per heavy atom. The Kier molecular flexibility index (Phi) is 6.81. The van der Waals surface area contributed by atoms with Crippen LogP contribution >= 0.6 is 0 Å². The first-order chi connectivity index (χ1) is 15.5. The number of aliphatic hydroxyl groups is 2. The maximum absolute atomic E-state index is 11.9. The van der Waals surface area contributed by atoms with Gasteiger partial charge in [0, 0.05) is 17.4 Å². The molecule has 1 heterocycles. The lowest BCUT2D eigenvalue weighted by atomic mass is 9.60. The van der Waals surface area contributed by atoms with Crippen LogP contribution in [0.4, 0.5) is 0 Å². The molecule has 0 aromatic rings. The number of rotatable bonds is 4. The van der Waals surface area contributed by atoms with Gasteiger partial charge in [-0.05, 0) is 79.3 Å². The van der Waals surface area contributed by atoms with Crippen LogP contribution in [-0.2, 0) is 9.53 Å². The van der Waals surface area contributed by atoms with Crippen molar-refractivity contribution >= 4 is 5.97 Å². The number of cyclic esters (lactones) is 1. The molecule has 9 atom stereocenters. The number of fused-ring (bicyclic) bond motifs is 1. The van der Waals surface area contributed by atoms with Crippen molar-refractivity contribution in [3.8, 4) is 0 Å². The van der Waals surface area contributed by atoms with Gasteiger partial charge in [0.2, 0.25) is 0 Å². The van der Waals surface area contributed by atoms with Gasteiger partial charge in [-0.25, -0.2) is 4.79 Å². The monoisotopic (exact) mass is 454 g/mol. The fourth-order valence-corrected chi connectivity index (χ4v) is 7.37. The minimum absolute atomic E-state index is 0.0384. The van der Waals surface area contributed by atoms with Crippen LogP contribution in [0.25, 0.3) is 0 Å². The first-order valence-corrected chi connectivity index (χ1v) is 12.9. The summed E-state index contributed by atoms with van der Waals surface area (Å²) in [5, 5.41) is 20.8. The van der Waals surface area contributed by atoms with Crippen LogP contribution in [0.5, 0.6) is 0 Å². The second-order valence-electron chi connectivity index (χ2n) is 11.6. The standard InChI is InChI=1S/C29H42O4/c1-16(14-26-17(2)18(3)28(32)33-26)23-11-12-24-21(8-7-13-29(23,24)6)9-10-22-15-25(30)20(5)27(31)19(22)4/h9-10,16-17,20,23-27,30-31H,3-4,7-8,11-15H2,1-2,5-6H3/b21-9+,22-10-/t16-,17+,20+,23-,24+,25-,26-,27?,29-/m1/s1.